The predicted octanol–water partition coefficient (Wildman–Crippen LogP) is 0.963. The Morgan fingerprint density at radius 3 is 2.59 bits per heavy atom. The van der Waals surface area contributed by atoms with Gasteiger partial charge in [-0.1, -0.05) is 13.8 Å². The maximum atomic E-state index is 12.9. The molecule has 1 heterocycles. The van der Waals surface area contributed by atoms with Gasteiger partial charge < -0.3 is 27.2 Å². The van der Waals surface area contributed by atoms with E-state index in [1.54, 1.807) is 6.08 Å². The second-order valence-corrected chi connectivity index (χ2v) is 9.45. The zero-order valence-corrected chi connectivity index (χ0v) is 15.7. The lowest BCUT2D eigenvalue weighted by molar-refractivity contribution is -1.02. The van der Waals surface area contributed by atoms with Gasteiger partial charge in [0.1, 0.15) is 5.70 Å². The molecule has 2 bridgehead atoms. The maximum Gasteiger partial charge on any atom is 0.202 e. The largest absolute Gasteiger partial charge is 0.595 e. The van der Waals surface area contributed by atoms with Gasteiger partial charge in [0.2, 0.25) is 5.60 Å². The summed E-state index contributed by atoms with van der Waals surface area (Å²) < 4.78 is 0. The molecule has 0 aromatic carbocycles. The van der Waals surface area contributed by atoms with E-state index < -0.39 is 27.2 Å². The number of fused-ring (bicyclic) bond motifs is 5. The van der Waals surface area contributed by atoms with E-state index in [2.05, 4.69) is 0 Å². The summed E-state index contributed by atoms with van der Waals surface area (Å²) >= 11 is 0. The summed E-state index contributed by atoms with van der Waals surface area (Å²) in [7, 11) is 0. The Morgan fingerprint density at radius 2 is 1.89 bits per heavy atom. The second kappa shape index (κ2) is 4.63. The van der Waals surface area contributed by atoms with E-state index in [0.717, 1.165) is 6.42 Å². The first-order valence-corrected chi connectivity index (χ1v) is 9.60. The van der Waals surface area contributed by atoms with Crippen molar-refractivity contribution in [3.05, 3.63) is 17.0 Å². The van der Waals surface area contributed by atoms with E-state index in [0.29, 0.717) is 42.8 Å². The molecule has 27 heavy (non-hydrogen) atoms. The molecule has 8 heteroatoms. The third kappa shape index (κ3) is 1.54. The van der Waals surface area contributed by atoms with Crippen molar-refractivity contribution in [3.63, 3.8) is 0 Å². The summed E-state index contributed by atoms with van der Waals surface area (Å²) in [5.74, 6) is -0.355. The molecule has 0 saturated heterocycles. The molecular formula is C19H26N6O2. The van der Waals surface area contributed by atoms with Crippen LogP contribution in [0, 0.1) is 49.5 Å². The Morgan fingerprint density at radius 1 is 1.19 bits per heavy atom. The number of rotatable bonds is 0. The van der Waals surface area contributed by atoms with E-state index in [1.165, 1.54) is 0 Å². The number of nitrogens with two attached hydrogens (primary N) is 1. The van der Waals surface area contributed by atoms with Gasteiger partial charge in [0.25, 0.3) is 0 Å². The Hall–Kier alpha value is -1.74. The first kappa shape index (κ1) is 17.4. The van der Waals surface area contributed by atoms with E-state index in [-0.39, 0.29) is 23.3 Å². The van der Waals surface area contributed by atoms with Gasteiger partial charge in [-0.25, -0.2) is 0 Å². The van der Waals surface area contributed by atoms with Crippen LogP contribution in [0.25, 0.3) is 0 Å². The second-order valence-electron chi connectivity index (χ2n) is 9.45. The first-order valence-electron chi connectivity index (χ1n) is 9.60. The van der Waals surface area contributed by atoms with Crippen LogP contribution in [0.5, 0.6) is 0 Å². The average Bonchev–Trinajstić information content (AvgIpc) is 3.08. The average molecular weight is 370 g/mol. The molecule has 7 N–H and O–H groups in total. The fraction of sp³-hybridized carbons (Fsp3) is 0.684. The van der Waals surface area contributed by atoms with Crippen molar-refractivity contribution < 1.29 is 10.1 Å². The van der Waals surface area contributed by atoms with Crippen LogP contribution < -0.4 is 11.0 Å². The molecule has 8 nitrogen and oxygen atoms in total. The molecule has 0 aromatic heterocycles. The smallest absolute Gasteiger partial charge is 0.202 e. The molecule has 3 saturated carbocycles. The van der Waals surface area contributed by atoms with Gasteiger partial charge in [0.05, 0.1) is 22.9 Å². The Balaban J connectivity index is 1.80. The third-order valence-corrected chi connectivity index (χ3v) is 8.61. The summed E-state index contributed by atoms with van der Waals surface area (Å²) in [6.45, 7) is 3.97. The van der Waals surface area contributed by atoms with Crippen LogP contribution in [0.3, 0.4) is 0 Å². The molecule has 5 unspecified atom stereocenters. The molecule has 144 valence electrons. The van der Waals surface area contributed by atoms with E-state index in [9.17, 15) is 5.21 Å². The van der Waals surface area contributed by atoms with Crippen LogP contribution >= 0.6 is 0 Å². The van der Waals surface area contributed by atoms with Crippen molar-refractivity contribution >= 4 is 22.8 Å². The summed E-state index contributed by atoms with van der Waals surface area (Å²) in [5, 5.41) is 46.7. The van der Waals surface area contributed by atoms with Crippen LogP contribution in [0.1, 0.15) is 46.0 Å². The number of hydrogen-bond donors (Lipinski definition) is 6. The van der Waals surface area contributed by atoms with Crippen LogP contribution in [0.4, 0.5) is 0 Å². The number of hydroxylamine groups is 2. The fourth-order valence-electron chi connectivity index (χ4n) is 6.88. The highest BCUT2D eigenvalue weighted by Crippen LogP contribution is 2.66. The number of hydrogen-bond acceptors (Lipinski definition) is 7. The molecule has 3 fully saturated rings. The molecule has 5 aliphatic rings. The highest BCUT2D eigenvalue weighted by molar-refractivity contribution is 6.44. The van der Waals surface area contributed by atoms with Gasteiger partial charge in [0.15, 0.2) is 0 Å². The molecule has 0 aromatic rings. The van der Waals surface area contributed by atoms with Crippen LogP contribution in [-0.2, 0) is 4.84 Å². The van der Waals surface area contributed by atoms with E-state index >= 15 is 0 Å². The molecule has 0 amide bonds. The minimum atomic E-state index is -1.34. The quantitative estimate of drug-likeness (QED) is 0.351. The van der Waals surface area contributed by atoms with Gasteiger partial charge in [-0.15, -0.1) is 0 Å². The number of quaternary nitrogens is 1. The summed E-state index contributed by atoms with van der Waals surface area (Å²) in [5.41, 5.74) is 5.02. The van der Waals surface area contributed by atoms with Gasteiger partial charge in [-0.2, -0.15) is 10.1 Å². The van der Waals surface area contributed by atoms with Gasteiger partial charge in [-0.05, 0) is 38.0 Å². The predicted molar refractivity (Wildman–Crippen MR) is 100 cm³/mol. The Kier molecular flexibility index (Phi) is 2.98. The van der Waals surface area contributed by atoms with Gasteiger partial charge in [-0.3, -0.25) is 5.41 Å². The van der Waals surface area contributed by atoms with Crippen molar-refractivity contribution in [1.29, 1.82) is 21.6 Å². The number of nitrogens with one attached hydrogen (secondary N) is 5. The first-order chi connectivity index (χ1) is 12.5. The standard InChI is InChI=1S/C19H26N6O2/c1-16-8-13(22)19(24)14(9(16)3-4-12(16)21)11-7-18(27-25(11)26)15(23)10(20)5-6-17(18,19)2/h7,9,14,20-23,25H,3-6,8,24H2,1-2H3/t9?,14?,16?,17?,18-,19-/m1/s1. The highest BCUT2D eigenvalue weighted by Gasteiger charge is 2.78. The summed E-state index contributed by atoms with van der Waals surface area (Å²) in [6.07, 6.45) is 4.53. The van der Waals surface area contributed by atoms with Gasteiger partial charge >= 0.3 is 0 Å². The summed E-state index contributed by atoms with van der Waals surface area (Å²) in [6, 6.07) is 0. The SMILES string of the molecule is CC12CC(=N)[C@@]3(N)C(C4=C[C@@]5(O[NH+]4[O-])C(=N)C(=N)CCC35C)C1CCC2=N. The van der Waals surface area contributed by atoms with Crippen LogP contribution in [-0.4, -0.2) is 34.0 Å². The molecule has 1 spiro atoms. The lowest BCUT2D eigenvalue weighted by atomic mass is 9.41. The Labute approximate surface area is 157 Å². The van der Waals surface area contributed by atoms with Crippen molar-refractivity contribution in [2.24, 2.45) is 28.4 Å². The fourth-order valence-corrected chi connectivity index (χ4v) is 6.88. The van der Waals surface area contributed by atoms with E-state index in [1.807, 2.05) is 13.8 Å². The molecular weight excluding hydrogens is 344 g/mol. The maximum absolute atomic E-state index is 12.9. The van der Waals surface area contributed by atoms with E-state index in [4.69, 9.17) is 32.2 Å². The topological polar surface area (TPSA) is 158 Å². The molecule has 4 aliphatic carbocycles. The van der Waals surface area contributed by atoms with Gasteiger partial charge in [0, 0.05) is 28.3 Å². The van der Waals surface area contributed by atoms with Crippen molar-refractivity contribution in [2.45, 2.75) is 57.1 Å². The highest BCUT2D eigenvalue weighted by atomic mass is 16.9. The monoisotopic (exact) mass is 370 g/mol. The Bertz CT molecular complexity index is 881. The summed E-state index contributed by atoms with van der Waals surface area (Å²) in [4.78, 5) is 5.85. The normalized spacial score (nSPS) is 53.8. The van der Waals surface area contributed by atoms with Crippen molar-refractivity contribution in [2.75, 3.05) is 0 Å². The molecule has 5 rings (SSSR count). The zero-order valence-electron chi connectivity index (χ0n) is 15.7. The van der Waals surface area contributed by atoms with Crippen molar-refractivity contribution in [1.82, 2.24) is 0 Å². The minimum Gasteiger partial charge on any atom is -0.595 e. The molecule has 1 aliphatic heterocycles. The minimum absolute atomic E-state index is 0.00294. The lowest BCUT2D eigenvalue weighted by Gasteiger charge is -2.62. The zero-order chi connectivity index (χ0) is 19.6. The molecule has 0 radical (unpaired) electrons. The van der Waals surface area contributed by atoms with Crippen LogP contribution in [0.2, 0.25) is 0 Å². The van der Waals surface area contributed by atoms with Crippen molar-refractivity contribution in [3.8, 4) is 0 Å². The molecule has 7 atom stereocenters. The van der Waals surface area contributed by atoms with Crippen LogP contribution in [0.15, 0.2) is 11.8 Å². The third-order valence-electron chi connectivity index (χ3n) is 8.61. The lowest BCUT2D eigenvalue weighted by Crippen LogP contribution is -3.04.